The van der Waals surface area contributed by atoms with Gasteiger partial charge < -0.3 is 4.90 Å². The fourth-order valence-electron chi connectivity index (χ4n) is 3.75. The minimum Gasteiger partial charge on any atom is -0.340 e. The molecule has 1 aromatic carbocycles. The van der Waals surface area contributed by atoms with Gasteiger partial charge in [0, 0.05) is 19.3 Å². The highest BCUT2D eigenvalue weighted by molar-refractivity contribution is 7.13. The standard InChI is InChI=1S/C22H23N7OS/c30-20(23-21-24-22(26-25-21)28-11-5-2-6-12-28)17-15-29(14-16-8-3-1-4-9-16)27-19(17)18-10-7-13-31-18/h1,3-4,7-10,13,15H,2,5-6,11-12,14H2,(H2,23,24,25,26,30). The van der Waals surface area contributed by atoms with Crippen molar-refractivity contribution in [1.82, 2.24) is 25.0 Å². The van der Waals surface area contributed by atoms with Crippen LogP contribution in [0.5, 0.6) is 0 Å². The van der Waals surface area contributed by atoms with Crippen LogP contribution in [0.25, 0.3) is 10.6 Å². The van der Waals surface area contributed by atoms with Gasteiger partial charge in [0.25, 0.3) is 5.91 Å². The van der Waals surface area contributed by atoms with Crippen LogP contribution in [0, 0.1) is 0 Å². The van der Waals surface area contributed by atoms with Crippen molar-refractivity contribution in [2.75, 3.05) is 23.3 Å². The fraction of sp³-hybridized carbons (Fsp3) is 0.273. The molecule has 1 aliphatic rings. The molecule has 8 nitrogen and oxygen atoms in total. The first-order valence-corrected chi connectivity index (χ1v) is 11.3. The number of anilines is 2. The van der Waals surface area contributed by atoms with Gasteiger partial charge in [-0.05, 0) is 36.3 Å². The number of carbonyl (C=O) groups is 1. The number of piperidine rings is 1. The zero-order valence-corrected chi connectivity index (χ0v) is 17.8. The van der Waals surface area contributed by atoms with Crippen molar-refractivity contribution in [3.8, 4) is 10.6 Å². The van der Waals surface area contributed by atoms with E-state index < -0.39 is 0 Å². The molecule has 0 radical (unpaired) electrons. The van der Waals surface area contributed by atoms with Crippen molar-refractivity contribution in [3.63, 3.8) is 0 Å². The number of amides is 1. The summed E-state index contributed by atoms with van der Waals surface area (Å²) in [5, 5.41) is 16.7. The number of aromatic nitrogens is 5. The Morgan fingerprint density at radius 2 is 1.94 bits per heavy atom. The molecule has 4 heterocycles. The van der Waals surface area contributed by atoms with E-state index in [-0.39, 0.29) is 5.91 Å². The smallest absolute Gasteiger partial charge is 0.261 e. The van der Waals surface area contributed by atoms with Crippen molar-refractivity contribution in [3.05, 3.63) is 65.2 Å². The largest absolute Gasteiger partial charge is 0.340 e. The zero-order chi connectivity index (χ0) is 21.0. The van der Waals surface area contributed by atoms with Gasteiger partial charge in [-0.15, -0.1) is 16.4 Å². The predicted octanol–water partition coefficient (Wildman–Crippen LogP) is 4.02. The van der Waals surface area contributed by atoms with Crippen LogP contribution in [0.1, 0.15) is 35.2 Å². The number of aromatic amines is 1. The summed E-state index contributed by atoms with van der Waals surface area (Å²) < 4.78 is 1.80. The van der Waals surface area contributed by atoms with Crippen LogP contribution in [-0.4, -0.2) is 44.0 Å². The summed E-state index contributed by atoms with van der Waals surface area (Å²) in [5.74, 6) is 0.718. The number of hydrogen-bond donors (Lipinski definition) is 2. The molecule has 0 saturated carbocycles. The number of rotatable bonds is 6. The predicted molar refractivity (Wildman–Crippen MR) is 121 cm³/mol. The third-order valence-electron chi connectivity index (χ3n) is 5.29. The molecular formula is C22H23N7OS. The highest BCUT2D eigenvalue weighted by Gasteiger charge is 2.21. The quantitative estimate of drug-likeness (QED) is 0.479. The van der Waals surface area contributed by atoms with Gasteiger partial charge >= 0.3 is 0 Å². The Morgan fingerprint density at radius 1 is 1.10 bits per heavy atom. The number of nitrogens with one attached hydrogen (secondary N) is 2. The van der Waals surface area contributed by atoms with Gasteiger partial charge in [-0.2, -0.15) is 10.1 Å². The Labute approximate surface area is 183 Å². The lowest BCUT2D eigenvalue weighted by Crippen LogP contribution is -2.30. The average Bonchev–Trinajstić information content (AvgIpc) is 3.56. The molecule has 31 heavy (non-hydrogen) atoms. The second kappa shape index (κ2) is 8.73. The average molecular weight is 434 g/mol. The first-order chi connectivity index (χ1) is 15.3. The first-order valence-electron chi connectivity index (χ1n) is 10.4. The highest BCUT2D eigenvalue weighted by Crippen LogP contribution is 2.27. The second-order valence-electron chi connectivity index (χ2n) is 7.54. The third-order valence-corrected chi connectivity index (χ3v) is 6.17. The Bertz CT molecular complexity index is 1140. The summed E-state index contributed by atoms with van der Waals surface area (Å²) >= 11 is 1.56. The Balaban J connectivity index is 1.38. The number of benzene rings is 1. The van der Waals surface area contributed by atoms with Crippen LogP contribution in [0.3, 0.4) is 0 Å². The van der Waals surface area contributed by atoms with Gasteiger partial charge in [0.05, 0.1) is 17.0 Å². The summed E-state index contributed by atoms with van der Waals surface area (Å²) in [6.45, 7) is 2.48. The lowest BCUT2D eigenvalue weighted by atomic mass is 10.1. The number of H-pyrrole nitrogens is 1. The van der Waals surface area contributed by atoms with E-state index in [2.05, 4.69) is 25.4 Å². The van der Waals surface area contributed by atoms with E-state index in [0.29, 0.717) is 29.7 Å². The van der Waals surface area contributed by atoms with Crippen molar-refractivity contribution < 1.29 is 4.79 Å². The molecule has 4 aromatic rings. The molecule has 0 unspecified atom stereocenters. The topological polar surface area (TPSA) is 91.7 Å². The Morgan fingerprint density at radius 3 is 2.71 bits per heavy atom. The minimum atomic E-state index is -0.260. The summed E-state index contributed by atoms with van der Waals surface area (Å²) in [5.41, 5.74) is 2.30. The number of thiophene rings is 1. The van der Waals surface area contributed by atoms with Crippen LogP contribution < -0.4 is 10.2 Å². The molecule has 0 spiro atoms. The van der Waals surface area contributed by atoms with Gasteiger partial charge in [0.2, 0.25) is 11.9 Å². The lowest BCUT2D eigenvalue weighted by molar-refractivity contribution is 0.102. The SMILES string of the molecule is O=C(Nc1nc(N2CCCCC2)n[nH]1)c1cn(Cc2ccccc2)nc1-c1cccs1. The Kier molecular flexibility index (Phi) is 5.49. The van der Waals surface area contributed by atoms with E-state index in [9.17, 15) is 4.79 Å². The van der Waals surface area contributed by atoms with Crippen molar-refractivity contribution in [2.45, 2.75) is 25.8 Å². The molecule has 2 N–H and O–H groups in total. The fourth-order valence-corrected chi connectivity index (χ4v) is 4.48. The number of nitrogens with zero attached hydrogens (tertiary/aromatic N) is 5. The van der Waals surface area contributed by atoms with E-state index in [0.717, 1.165) is 36.4 Å². The van der Waals surface area contributed by atoms with Crippen LogP contribution in [0.4, 0.5) is 11.9 Å². The normalized spacial score (nSPS) is 14.0. The van der Waals surface area contributed by atoms with Crippen molar-refractivity contribution in [1.29, 1.82) is 0 Å². The first kappa shape index (κ1) is 19.5. The summed E-state index contributed by atoms with van der Waals surface area (Å²) in [6.07, 6.45) is 5.31. The van der Waals surface area contributed by atoms with Gasteiger partial charge in [-0.1, -0.05) is 36.4 Å². The summed E-state index contributed by atoms with van der Waals surface area (Å²) in [7, 11) is 0. The van der Waals surface area contributed by atoms with E-state index in [1.807, 2.05) is 47.8 Å². The van der Waals surface area contributed by atoms with Gasteiger partial charge in [-0.3, -0.25) is 14.8 Å². The molecule has 3 aromatic heterocycles. The van der Waals surface area contributed by atoms with Gasteiger partial charge in [0.15, 0.2) is 0 Å². The summed E-state index contributed by atoms with van der Waals surface area (Å²) in [6, 6.07) is 14.0. The zero-order valence-electron chi connectivity index (χ0n) is 17.0. The molecule has 1 fully saturated rings. The maximum absolute atomic E-state index is 13.1. The van der Waals surface area contributed by atoms with Gasteiger partial charge in [0.1, 0.15) is 5.69 Å². The molecule has 1 saturated heterocycles. The van der Waals surface area contributed by atoms with Crippen molar-refractivity contribution >= 4 is 29.1 Å². The van der Waals surface area contributed by atoms with E-state index in [1.54, 1.807) is 22.2 Å². The molecule has 0 aliphatic carbocycles. The van der Waals surface area contributed by atoms with Crippen LogP contribution in [-0.2, 0) is 6.54 Å². The van der Waals surface area contributed by atoms with Crippen LogP contribution in [0.15, 0.2) is 54.0 Å². The number of carbonyl (C=O) groups excluding carboxylic acids is 1. The molecule has 0 atom stereocenters. The maximum atomic E-state index is 13.1. The van der Waals surface area contributed by atoms with E-state index >= 15 is 0 Å². The molecule has 9 heteroatoms. The molecule has 158 valence electrons. The minimum absolute atomic E-state index is 0.260. The van der Waals surface area contributed by atoms with E-state index in [1.165, 1.54) is 6.42 Å². The lowest BCUT2D eigenvalue weighted by Gasteiger charge is -2.24. The monoisotopic (exact) mass is 433 g/mol. The maximum Gasteiger partial charge on any atom is 0.261 e. The Hall–Kier alpha value is -3.46. The molecule has 1 aliphatic heterocycles. The van der Waals surface area contributed by atoms with Crippen LogP contribution in [0.2, 0.25) is 0 Å². The number of hydrogen-bond acceptors (Lipinski definition) is 6. The molecule has 0 bridgehead atoms. The third kappa shape index (κ3) is 4.36. The second-order valence-corrected chi connectivity index (χ2v) is 8.49. The molecule has 5 rings (SSSR count). The highest BCUT2D eigenvalue weighted by atomic mass is 32.1. The van der Waals surface area contributed by atoms with Crippen LogP contribution >= 0.6 is 11.3 Å². The molecular weight excluding hydrogens is 410 g/mol. The van der Waals surface area contributed by atoms with E-state index in [4.69, 9.17) is 5.10 Å². The van der Waals surface area contributed by atoms with Crippen molar-refractivity contribution in [2.24, 2.45) is 0 Å². The summed E-state index contributed by atoms with van der Waals surface area (Å²) in [4.78, 5) is 20.7. The molecule has 1 amide bonds. The van der Waals surface area contributed by atoms with Gasteiger partial charge in [-0.25, -0.2) is 5.10 Å².